The molecule has 0 bridgehead atoms. The van der Waals surface area contributed by atoms with E-state index in [-0.39, 0.29) is 6.04 Å². The zero-order chi connectivity index (χ0) is 12.8. The highest BCUT2D eigenvalue weighted by Crippen LogP contribution is 2.20. The second kappa shape index (κ2) is 6.51. The molecule has 96 valence electrons. The molecule has 1 saturated carbocycles. The molecule has 3 heteroatoms. The van der Waals surface area contributed by atoms with Crippen LogP contribution < -0.4 is 5.32 Å². The molecule has 0 radical (unpaired) electrons. The minimum absolute atomic E-state index is 0.221. The molecule has 1 aromatic rings. The van der Waals surface area contributed by atoms with Crippen LogP contribution >= 0.6 is 0 Å². The van der Waals surface area contributed by atoms with Crippen molar-refractivity contribution in [2.75, 3.05) is 0 Å². The van der Waals surface area contributed by atoms with Crippen molar-refractivity contribution in [2.45, 2.75) is 57.5 Å². The summed E-state index contributed by atoms with van der Waals surface area (Å²) < 4.78 is 0. The van der Waals surface area contributed by atoms with Crippen molar-refractivity contribution in [1.29, 1.82) is 5.26 Å². The average molecular weight is 243 g/mol. The van der Waals surface area contributed by atoms with E-state index in [0.717, 1.165) is 11.3 Å². The van der Waals surface area contributed by atoms with Crippen LogP contribution in [0, 0.1) is 18.3 Å². The van der Waals surface area contributed by atoms with Gasteiger partial charge in [-0.3, -0.25) is 10.3 Å². The lowest BCUT2D eigenvalue weighted by atomic mass is 10.0. The minimum Gasteiger partial charge on any atom is -0.295 e. The summed E-state index contributed by atoms with van der Waals surface area (Å²) in [6.45, 7) is 1.96. The van der Waals surface area contributed by atoms with Crippen molar-refractivity contribution >= 4 is 0 Å². The van der Waals surface area contributed by atoms with E-state index in [1.807, 2.05) is 25.3 Å². The molecule has 1 heterocycles. The minimum atomic E-state index is -0.221. The molecule has 0 aromatic carbocycles. The van der Waals surface area contributed by atoms with E-state index in [9.17, 15) is 5.26 Å². The molecule has 1 atom stereocenters. The third-order valence-corrected chi connectivity index (χ3v) is 3.65. The first kappa shape index (κ1) is 13.0. The van der Waals surface area contributed by atoms with Crippen LogP contribution in [0.3, 0.4) is 0 Å². The first-order valence-electron chi connectivity index (χ1n) is 6.88. The van der Waals surface area contributed by atoms with Gasteiger partial charge in [0, 0.05) is 23.5 Å². The summed E-state index contributed by atoms with van der Waals surface area (Å²) in [6, 6.07) is 6.58. The van der Waals surface area contributed by atoms with Gasteiger partial charge in [0.05, 0.1) is 6.07 Å². The Hall–Kier alpha value is -1.40. The first-order valence-corrected chi connectivity index (χ1v) is 6.88. The Morgan fingerprint density at radius 2 is 2.00 bits per heavy atom. The molecule has 0 spiro atoms. The van der Waals surface area contributed by atoms with Crippen LogP contribution in [0.2, 0.25) is 0 Å². The maximum absolute atomic E-state index is 9.31. The molecular weight excluding hydrogens is 222 g/mol. The Labute approximate surface area is 109 Å². The van der Waals surface area contributed by atoms with Gasteiger partial charge in [-0.25, -0.2) is 0 Å². The Balaban J connectivity index is 2.00. The highest BCUT2D eigenvalue weighted by atomic mass is 15.0. The van der Waals surface area contributed by atoms with Crippen molar-refractivity contribution < 1.29 is 0 Å². The van der Waals surface area contributed by atoms with Gasteiger partial charge < -0.3 is 0 Å². The lowest BCUT2D eigenvalue weighted by Crippen LogP contribution is -2.31. The Morgan fingerprint density at radius 1 is 1.28 bits per heavy atom. The van der Waals surface area contributed by atoms with Crippen LogP contribution in [0.4, 0.5) is 0 Å². The van der Waals surface area contributed by atoms with Gasteiger partial charge in [0.2, 0.25) is 0 Å². The van der Waals surface area contributed by atoms with Gasteiger partial charge in [-0.1, -0.05) is 31.7 Å². The number of pyridine rings is 1. The van der Waals surface area contributed by atoms with Crippen molar-refractivity contribution in [1.82, 2.24) is 10.3 Å². The van der Waals surface area contributed by atoms with Crippen LogP contribution in [-0.2, 0) is 0 Å². The summed E-state index contributed by atoms with van der Waals surface area (Å²) in [5.41, 5.74) is 1.97. The lowest BCUT2D eigenvalue weighted by Gasteiger charge is -2.20. The van der Waals surface area contributed by atoms with E-state index in [2.05, 4.69) is 16.4 Å². The first-order chi connectivity index (χ1) is 8.79. The average Bonchev–Trinajstić information content (AvgIpc) is 2.66. The number of aryl methyl sites for hydroxylation is 1. The zero-order valence-corrected chi connectivity index (χ0v) is 11.0. The summed E-state index contributed by atoms with van der Waals surface area (Å²) in [4.78, 5) is 4.27. The quantitative estimate of drug-likeness (QED) is 0.829. The molecule has 1 aromatic heterocycles. The molecule has 1 N–H and O–H groups in total. The molecule has 0 saturated heterocycles. The van der Waals surface area contributed by atoms with Gasteiger partial charge >= 0.3 is 0 Å². The van der Waals surface area contributed by atoms with E-state index >= 15 is 0 Å². The van der Waals surface area contributed by atoms with E-state index < -0.39 is 0 Å². The van der Waals surface area contributed by atoms with Gasteiger partial charge in [0.1, 0.15) is 6.04 Å². The number of aromatic nitrogens is 1. The number of nitrogens with zero attached hydrogens (tertiary/aromatic N) is 2. The molecule has 2 rings (SSSR count). The Morgan fingerprint density at radius 3 is 2.56 bits per heavy atom. The third kappa shape index (κ3) is 3.54. The molecule has 1 fully saturated rings. The summed E-state index contributed by atoms with van der Waals surface area (Å²) in [6.07, 6.45) is 9.43. The van der Waals surface area contributed by atoms with Gasteiger partial charge in [-0.15, -0.1) is 0 Å². The van der Waals surface area contributed by atoms with E-state index in [0.29, 0.717) is 6.04 Å². The van der Waals surface area contributed by atoms with Crippen LogP contribution in [-0.4, -0.2) is 11.0 Å². The predicted octanol–water partition coefficient (Wildman–Crippen LogP) is 3.27. The summed E-state index contributed by atoms with van der Waals surface area (Å²) in [7, 11) is 0. The number of hydrogen-bond acceptors (Lipinski definition) is 3. The fourth-order valence-corrected chi connectivity index (χ4v) is 2.54. The van der Waals surface area contributed by atoms with E-state index in [1.54, 1.807) is 0 Å². The Kier molecular flexibility index (Phi) is 4.72. The van der Waals surface area contributed by atoms with Crippen LogP contribution in [0.15, 0.2) is 18.3 Å². The Bertz CT molecular complexity index is 397. The molecular formula is C15H21N3. The second-order valence-electron chi connectivity index (χ2n) is 5.15. The van der Waals surface area contributed by atoms with Gasteiger partial charge in [-0.05, 0) is 25.8 Å². The van der Waals surface area contributed by atoms with Crippen molar-refractivity contribution in [3.05, 3.63) is 29.6 Å². The SMILES string of the molecule is Cc1ccc(C(C#N)NC2CCCCCC2)cn1. The van der Waals surface area contributed by atoms with Gasteiger partial charge in [0.15, 0.2) is 0 Å². The van der Waals surface area contributed by atoms with E-state index in [4.69, 9.17) is 0 Å². The van der Waals surface area contributed by atoms with Crippen molar-refractivity contribution in [3.63, 3.8) is 0 Å². The molecule has 1 aliphatic carbocycles. The molecule has 1 aliphatic rings. The maximum Gasteiger partial charge on any atom is 0.123 e. The third-order valence-electron chi connectivity index (χ3n) is 3.65. The van der Waals surface area contributed by atoms with Gasteiger partial charge in [-0.2, -0.15) is 5.26 Å². The second-order valence-corrected chi connectivity index (χ2v) is 5.15. The highest BCUT2D eigenvalue weighted by Gasteiger charge is 2.18. The van der Waals surface area contributed by atoms with Crippen LogP contribution in [0.5, 0.6) is 0 Å². The maximum atomic E-state index is 9.31. The molecule has 1 unspecified atom stereocenters. The molecule has 18 heavy (non-hydrogen) atoms. The summed E-state index contributed by atoms with van der Waals surface area (Å²) in [5.74, 6) is 0. The zero-order valence-electron chi connectivity index (χ0n) is 11.0. The number of nitrogens with one attached hydrogen (secondary N) is 1. The van der Waals surface area contributed by atoms with Crippen molar-refractivity contribution in [2.24, 2.45) is 0 Å². The number of nitriles is 1. The van der Waals surface area contributed by atoms with Crippen molar-refractivity contribution in [3.8, 4) is 6.07 Å². The largest absolute Gasteiger partial charge is 0.295 e. The molecule has 0 aliphatic heterocycles. The normalized spacial score (nSPS) is 18.9. The smallest absolute Gasteiger partial charge is 0.123 e. The van der Waals surface area contributed by atoms with E-state index in [1.165, 1.54) is 38.5 Å². The van der Waals surface area contributed by atoms with Crippen LogP contribution in [0.1, 0.15) is 55.8 Å². The lowest BCUT2D eigenvalue weighted by molar-refractivity contribution is 0.436. The fourth-order valence-electron chi connectivity index (χ4n) is 2.54. The summed E-state index contributed by atoms with van der Waals surface area (Å²) in [5, 5.41) is 12.8. The molecule has 3 nitrogen and oxygen atoms in total. The highest BCUT2D eigenvalue weighted by molar-refractivity contribution is 5.22. The number of hydrogen-bond donors (Lipinski definition) is 1. The fraction of sp³-hybridized carbons (Fsp3) is 0.600. The topological polar surface area (TPSA) is 48.7 Å². The molecule has 0 amide bonds. The monoisotopic (exact) mass is 243 g/mol. The van der Waals surface area contributed by atoms with Crippen LogP contribution in [0.25, 0.3) is 0 Å². The standard InChI is InChI=1S/C15H21N3/c1-12-8-9-13(11-17-12)15(10-16)18-14-6-4-2-3-5-7-14/h8-9,11,14-15,18H,2-7H2,1H3. The van der Waals surface area contributed by atoms with Gasteiger partial charge in [0.25, 0.3) is 0 Å². The number of rotatable bonds is 3. The predicted molar refractivity (Wildman–Crippen MR) is 72.0 cm³/mol. The summed E-state index contributed by atoms with van der Waals surface area (Å²) >= 11 is 0.